The van der Waals surface area contributed by atoms with E-state index in [2.05, 4.69) is 18.0 Å². The van der Waals surface area contributed by atoms with Crippen molar-refractivity contribution < 1.29 is 14.9 Å². The molecule has 0 spiro atoms. The predicted octanol–water partition coefficient (Wildman–Crippen LogP) is 2.46. The van der Waals surface area contributed by atoms with Crippen LogP contribution in [0.25, 0.3) is 0 Å². The molecule has 4 nitrogen and oxygen atoms in total. The molecule has 4 rings (SSSR count). The third-order valence-electron chi connectivity index (χ3n) is 5.66. The highest BCUT2D eigenvalue weighted by molar-refractivity contribution is 5.62. The highest BCUT2D eigenvalue weighted by Crippen LogP contribution is 2.56. The molecular formula is C18H21NO3. The van der Waals surface area contributed by atoms with Crippen LogP contribution in [0.5, 0.6) is 11.5 Å². The van der Waals surface area contributed by atoms with Crippen LogP contribution in [0.15, 0.2) is 35.6 Å². The summed E-state index contributed by atoms with van der Waals surface area (Å²) in [6.07, 6.45) is 6.77. The quantitative estimate of drug-likeness (QED) is 0.782. The van der Waals surface area contributed by atoms with Crippen molar-refractivity contribution in [3.63, 3.8) is 0 Å². The Bertz CT molecular complexity index is 707. The Morgan fingerprint density at radius 3 is 2.86 bits per heavy atom. The average Bonchev–Trinajstić information content (AvgIpc) is 2.53. The SMILES string of the molecule is COC1=CC=C2[C@H]3Cc4ccc(O)c(O)c4[C@@]2(CCN3C)C1. The maximum atomic E-state index is 10.6. The maximum absolute atomic E-state index is 10.6. The van der Waals surface area contributed by atoms with E-state index in [0.717, 1.165) is 42.7 Å². The minimum Gasteiger partial charge on any atom is -0.504 e. The topological polar surface area (TPSA) is 52.9 Å². The second-order valence-corrected chi connectivity index (χ2v) is 6.64. The van der Waals surface area contributed by atoms with Crippen LogP contribution in [0.1, 0.15) is 24.0 Å². The molecule has 1 aromatic carbocycles. The number of fused-ring (bicyclic) bond motifs is 1. The first-order valence-electron chi connectivity index (χ1n) is 7.76. The van der Waals surface area contributed by atoms with Gasteiger partial charge in [-0.05, 0) is 49.7 Å². The molecule has 0 unspecified atom stereocenters. The van der Waals surface area contributed by atoms with E-state index < -0.39 is 0 Å². The van der Waals surface area contributed by atoms with E-state index in [0.29, 0.717) is 6.04 Å². The number of rotatable bonds is 1. The van der Waals surface area contributed by atoms with Crippen LogP contribution in [-0.4, -0.2) is 41.9 Å². The van der Waals surface area contributed by atoms with Crippen molar-refractivity contribution in [2.24, 2.45) is 0 Å². The van der Waals surface area contributed by atoms with Crippen LogP contribution in [0, 0.1) is 0 Å². The lowest BCUT2D eigenvalue weighted by atomic mass is 9.57. The van der Waals surface area contributed by atoms with Crippen molar-refractivity contribution in [1.29, 1.82) is 0 Å². The van der Waals surface area contributed by atoms with Gasteiger partial charge in [0.25, 0.3) is 0 Å². The van der Waals surface area contributed by atoms with E-state index in [9.17, 15) is 10.2 Å². The minimum atomic E-state index is -0.242. The standard InChI is InChI=1S/C18H21NO3/c1-19-8-7-18-10-12(22-2)4-5-13(18)14(19)9-11-3-6-15(20)17(21)16(11)18/h3-6,14,20-21H,7-10H2,1-2H3/t14-,18+/m1/s1. The van der Waals surface area contributed by atoms with E-state index in [-0.39, 0.29) is 16.9 Å². The van der Waals surface area contributed by atoms with Crippen LogP contribution in [-0.2, 0) is 16.6 Å². The Kier molecular flexibility index (Phi) is 2.82. The average molecular weight is 299 g/mol. The van der Waals surface area contributed by atoms with E-state index in [1.807, 2.05) is 12.1 Å². The molecule has 2 atom stereocenters. The van der Waals surface area contributed by atoms with Gasteiger partial charge in [0, 0.05) is 23.4 Å². The van der Waals surface area contributed by atoms with E-state index in [4.69, 9.17) is 4.74 Å². The van der Waals surface area contributed by atoms with Gasteiger partial charge in [0.2, 0.25) is 0 Å². The van der Waals surface area contributed by atoms with Gasteiger partial charge in [-0.25, -0.2) is 0 Å². The van der Waals surface area contributed by atoms with Crippen LogP contribution in [0.2, 0.25) is 0 Å². The van der Waals surface area contributed by atoms with E-state index >= 15 is 0 Å². The Morgan fingerprint density at radius 2 is 2.09 bits per heavy atom. The molecule has 1 aliphatic heterocycles. The Hall–Kier alpha value is -1.94. The molecule has 1 saturated heterocycles. The predicted molar refractivity (Wildman–Crippen MR) is 84.0 cm³/mol. The number of hydrogen-bond donors (Lipinski definition) is 2. The number of phenolic OH excluding ortho intramolecular Hbond substituents is 2. The van der Waals surface area contributed by atoms with E-state index in [1.54, 1.807) is 13.2 Å². The largest absolute Gasteiger partial charge is 0.504 e. The molecule has 1 fully saturated rings. The molecule has 3 aliphatic rings. The molecule has 0 saturated carbocycles. The van der Waals surface area contributed by atoms with Crippen LogP contribution < -0.4 is 0 Å². The van der Waals surface area contributed by atoms with Gasteiger partial charge < -0.3 is 14.9 Å². The molecule has 0 aromatic heterocycles. The molecule has 1 heterocycles. The highest BCUT2D eigenvalue weighted by atomic mass is 16.5. The molecule has 116 valence electrons. The van der Waals surface area contributed by atoms with Crippen molar-refractivity contribution in [2.45, 2.75) is 30.7 Å². The van der Waals surface area contributed by atoms with Gasteiger partial charge >= 0.3 is 0 Å². The number of likely N-dealkylation sites (tertiary alicyclic amines) is 1. The van der Waals surface area contributed by atoms with Crippen molar-refractivity contribution >= 4 is 0 Å². The first-order chi connectivity index (χ1) is 10.6. The lowest BCUT2D eigenvalue weighted by Gasteiger charge is -2.53. The summed E-state index contributed by atoms with van der Waals surface area (Å²) in [5, 5.41) is 20.6. The second-order valence-electron chi connectivity index (χ2n) is 6.64. The number of hydrogen-bond acceptors (Lipinski definition) is 4. The van der Waals surface area contributed by atoms with E-state index in [1.165, 1.54) is 5.57 Å². The van der Waals surface area contributed by atoms with Gasteiger partial charge in [-0.15, -0.1) is 0 Å². The molecule has 4 heteroatoms. The first-order valence-corrected chi connectivity index (χ1v) is 7.76. The number of allylic oxidation sites excluding steroid dienone is 3. The monoisotopic (exact) mass is 299 g/mol. The summed E-state index contributed by atoms with van der Waals surface area (Å²) in [5.41, 5.74) is 3.15. The number of ether oxygens (including phenoxy) is 1. The molecule has 2 aliphatic carbocycles. The van der Waals surface area contributed by atoms with Gasteiger partial charge in [0.05, 0.1) is 12.9 Å². The number of likely N-dealkylation sites (N-methyl/N-ethyl adjacent to an activating group) is 1. The maximum Gasteiger partial charge on any atom is 0.161 e. The smallest absolute Gasteiger partial charge is 0.161 e. The van der Waals surface area contributed by atoms with Gasteiger partial charge in [0.15, 0.2) is 11.5 Å². The summed E-state index contributed by atoms with van der Waals surface area (Å²) in [6.45, 7) is 0.980. The third kappa shape index (κ3) is 1.61. The fourth-order valence-electron chi connectivity index (χ4n) is 4.52. The molecule has 2 N–H and O–H groups in total. The normalized spacial score (nSPS) is 30.0. The van der Waals surface area contributed by atoms with Crippen molar-refractivity contribution in [3.05, 3.63) is 46.7 Å². The molecule has 22 heavy (non-hydrogen) atoms. The lowest BCUT2D eigenvalue weighted by molar-refractivity contribution is 0.146. The van der Waals surface area contributed by atoms with Crippen LogP contribution in [0.4, 0.5) is 0 Å². The zero-order chi connectivity index (χ0) is 15.5. The van der Waals surface area contributed by atoms with Gasteiger partial charge in [0.1, 0.15) is 0 Å². The number of piperidine rings is 1. The summed E-state index contributed by atoms with van der Waals surface area (Å²) < 4.78 is 5.50. The zero-order valence-electron chi connectivity index (χ0n) is 13.0. The summed E-state index contributed by atoms with van der Waals surface area (Å²) >= 11 is 0. The molecule has 2 bridgehead atoms. The van der Waals surface area contributed by atoms with Crippen molar-refractivity contribution in [2.75, 3.05) is 20.7 Å². The lowest BCUT2D eigenvalue weighted by Crippen LogP contribution is -2.54. The molecular weight excluding hydrogens is 278 g/mol. The first kappa shape index (κ1) is 13.7. The number of nitrogens with zero attached hydrogens (tertiary/aromatic N) is 1. The summed E-state index contributed by atoms with van der Waals surface area (Å²) in [4.78, 5) is 2.39. The van der Waals surface area contributed by atoms with Gasteiger partial charge in [-0.2, -0.15) is 0 Å². The number of aromatic hydroxyl groups is 2. The Balaban J connectivity index is 1.99. The Labute approximate surface area is 130 Å². The Morgan fingerprint density at radius 1 is 1.27 bits per heavy atom. The number of phenols is 2. The highest BCUT2D eigenvalue weighted by Gasteiger charge is 2.51. The zero-order valence-corrected chi connectivity index (χ0v) is 13.0. The van der Waals surface area contributed by atoms with Crippen LogP contribution in [0.3, 0.4) is 0 Å². The summed E-state index contributed by atoms with van der Waals surface area (Å²) in [7, 11) is 3.86. The number of benzene rings is 1. The van der Waals surface area contributed by atoms with Crippen LogP contribution >= 0.6 is 0 Å². The molecule has 0 radical (unpaired) electrons. The summed E-state index contributed by atoms with van der Waals surface area (Å²) in [6, 6.07) is 3.92. The van der Waals surface area contributed by atoms with Gasteiger partial charge in [-0.3, -0.25) is 4.90 Å². The van der Waals surface area contributed by atoms with Crippen molar-refractivity contribution in [3.8, 4) is 11.5 Å². The van der Waals surface area contributed by atoms with Crippen molar-refractivity contribution in [1.82, 2.24) is 4.90 Å². The minimum absolute atomic E-state index is 0.0293. The third-order valence-corrected chi connectivity index (χ3v) is 5.66. The molecule has 0 amide bonds. The summed E-state index contributed by atoms with van der Waals surface area (Å²) in [5.74, 6) is 0.949. The second kappa shape index (κ2) is 4.53. The fraction of sp³-hybridized carbons (Fsp3) is 0.444. The number of methoxy groups -OCH3 is 1. The van der Waals surface area contributed by atoms with Gasteiger partial charge in [-0.1, -0.05) is 12.1 Å². The molecule has 1 aromatic rings. The fourth-order valence-corrected chi connectivity index (χ4v) is 4.52.